The molecular weight excluding hydrogens is 220 g/mol. The summed E-state index contributed by atoms with van der Waals surface area (Å²) in [5.74, 6) is -0.780. The van der Waals surface area contributed by atoms with Crippen molar-refractivity contribution in [3.8, 4) is 0 Å². The Morgan fingerprint density at radius 3 is 2.41 bits per heavy atom. The van der Waals surface area contributed by atoms with Crippen molar-refractivity contribution >= 4 is 11.9 Å². The monoisotopic (exact) mass is 244 g/mol. The van der Waals surface area contributed by atoms with Gasteiger partial charge in [0, 0.05) is 13.0 Å². The minimum atomic E-state index is -0.823. The average molecular weight is 244 g/mol. The van der Waals surface area contributed by atoms with Crippen LogP contribution in [0.3, 0.4) is 0 Å². The van der Waals surface area contributed by atoms with Crippen LogP contribution in [0.15, 0.2) is 0 Å². The van der Waals surface area contributed by atoms with Gasteiger partial charge in [0.15, 0.2) is 0 Å². The Morgan fingerprint density at radius 1 is 1.24 bits per heavy atom. The van der Waals surface area contributed by atoms with Crippen molar-refractivity contribution in [2.75, 3.05) is 13.1 Å². The molecule has 1 amide bonds. The molecule has 5 heteroatoms. The molecule has 0 radical (unpaired) electrons. The van der Waals surface area contributed by atoms with Crippen LogP contribution >= 0.6 is 0 Å². The number of rotatable bonds is 9. The summed E-state index contributed by atoms with van der Waals surface area (Å²) in [6.07, 6.45) is 2.73. The highest BCUT2D eigenvalue weighted by molar-refractivity contribution is 5.76. The van der Waals surface area contributed by atoms with Crippen molar-refractivity contribution in [2.45, 2.75) is 39.5 Å². The zero-order valence-electron chi connectivity index (χ0n) is 10.7. The first-order chi connectivity index (χ1) is 7.97. The lowest BCUT2D eigenvalue weighted by atomic mass is 10.0. The van der Waals surface area contributed by atoms with Crippen molar-refractivity contribution in [1.82, 2.24) is 5.32 Å². The summed E-state index contributed by atoms with van der Waals surface area (Å²) >= 11 is 0. The van der Waals surface area contributed by atoms with Gasteiger partial charge in [0.25, 0.3) is 0 Å². The molecule has 2 atom stereocenters. The maximum Gasteiger partial charge on any atom is 0.306 e. The second-order valence-electron chi connectivity index (χ2n) is 4.60. The van der Waals surface area contributed by atoms with E-state index in [1.165, 1.54) is 0 Å². The van der Waals surface area contributed by atoms with E-state index < -0.39 is 11.9 Å². The highest BCUT2D eigenvalue weighted by Gasteiger charge is 2.11. The van der Waals surface area contributed by atoms with Crippen molar-refractivity contribution < 1.29 is 14.7 Å². The summed E-state index contributed by atoms with van der Waals surface area (Å²) < 4.78 is 0. The van der Waals surface area contributed by atoms with Crippen LogP contribution in [0, 0.1) is 11.8 Å². The Kier molecular flexibility index (Phi) is 8.40. The number of hydrogen-bond acceptors (Lipinski definition) is 3. The first-order valence-electron chi connectivity index (χ1n) is 6.17. The maximum atomic E-state index is 11.4. The molecule has 2 unspecified atom stereocenters. The van der Waals surface area contributed by atoms with Gasteiger partial charge in [-0.2, -0.15) is 0 Å². The predicted octanol–water partition coefficient (Wildman–Crippen LogP) is 0.979. The summed E-state index contributed by atoms with van der Waals surface area (Å²) in [5.41, 5.74) is 5.42. The van der Waals surface area contributed by atoms with Gasteiger partial charge in [0.2, 0.25) is 5.91 Å². The van der Waals surface area contributed by atoms with Crippen LogP contribution < -0.4 is 11.1 Å². The van der Waals surface area contributed by atoms with Gasteiger partial charge in [-0.05, 0) is 31.7 Å². The van der Waals surface area contributed by atoms with E-state index in [1.54, 1.807) is 6.92 Å². The van der Waals surface area contributed by atoms with Gasteiger partial charge in [-0.25, -0.2) is 0 Å². The molecule has 0 spiro atoms. The molecule has 0 aromatic heterocycles. The number of hydrogen-bond donors (Lipinski definition) is 3. The van der Waals surface area contributed by atoms with E-state index in [4.69, 9.17) is 10.8 Å². The first kappa shape index (κ1) is 15.9. The normalized spacial score (nSPS) is 14.1. The molecule has 0 aliphatic carbocycles. The maximum absolute atomic E-state index is 11.4. The second kappa shape index (κ2) is 8.98. The number of carboxylic acid groups (broad SMARTS) is 1. The van der Waals surface area contributed by atoms with E-state index in [1.807, 2.05) is 0 Å². The molecule has 0 aromatic carbocycles. The molecule has 0 heterocycles. The predicted molar refractivity (Wildman–Crippen MR) is 66.5 cm³/mol. The molecule has 0 rings (SSSR count). The summed E-state index contributed by atoms with van der Waals surface area (Å²) in [7, 11) is 0. The lowest BCUT2D eigenvalue weighted by molar-refractivity contribution is -0.141. The lowest BCUT2D eigenvalue weighted by Gasteiger charge is -2.10. The molecule has 0 saturated carbocycles. The molecule has 0 saturated heterocycles. The molecule has 5 nitrogen and oxygen atoms in total. The van der Waals surface area contributed by atoms with Crippen molar-refractivity contribution in [2.24, 2.45) is 17.6 Å². The standard InChI is InChI=1S/C12H24N2O3/c1-9(5-7-13)3-4-11(15)14-8-6-10(2)12(16)17/h9-10H,3-8,13H2,1-2H3,(H,14,15)(H,16,17). The van der Waals surface area contributed by atoms with E-state index >= 15 is 0 Å². The summed E-state index contributed by atoms with van der Waals surface area (Å²) in [4.78, 5) is 22.0. The summed E-state index contributed by atoms with van der Waals surface area (Å²) in [5, 5.41) is 11.4. The van der Waals surface area contributed by atoms with Crippen LogP contribution in [0.1, 0.15) is 39.5 Å². The van der Waals surface area contributed by atoms with E-state index in [2.05, 4.69) is 12.2 Å². The fourth-order valence-electron chi connectivity index (χ4n) is 1.45. The van der Waals surface area contributed by atoms with Gasteiger partial charge in [-0.3, -0.25) is 9.59 Å². The van der Waals surface area contributed by atoms with E-state index in [9.17, 15) is 9.59 Å². The molecule has 17 heavy (non-hydrogen) atoms. The van der Waals surface area contributed by atoms with Crippen LogP contribution in [0.2, 0.25) is 0 Å². The summed E-state index contributed by atoms with van der Waals surface area (Å²) in [6, 6.07) is 0. The van der Waals surface area contributed by atoms with Crippen LogP contribution in [0.5, 0.6) is 0 Å². The molecule has 0 bridgehead atoms. The molecule has 0 aromatic rings. The zero-order chi connectivity index (χ0) is 13.3. The fourth-order valence-corrected chi connectivity index (χ4v) is 1.45. The number of aliphatic carboxylic acids is 1. The topological polar surface area (TPSA) is 92.4 Å². The second-order valence-corrected chi connectivity index (χ2v) is 4.60. The zero-order valence-corrected chi connectivity index (χ0v) is 10.7. The molecule has 0 fully saturated rings. The van der Waals surface area contributed by atoms with Crippen LogP contribution in [-0.4, -0.2) is 30.1 Å². The number of carbonyl (C=O) groups is 2. The third-order valence-electron chi connectivity index (χ3n) is 2.84. The Morgan fingerprint density at radius 2 is 1.88 bits per heavy atom. The Balaban J connectivity index is 3.56. The van der Waals surface area contributed by atoms with E-state index in [0.717, 1.165) is 12.8 Å². The van der Waals surface area contributed by atoms with Crippen LogP contribution in [-0.2, 0) is 9.59 Å². The van der Waals surface area contributed by atoms with Crippen LogP contribution in [0.4, 0.5) is 0 Å². The fraction of sp³-hybridized carbons (Fsp3) is 0.833. The lowest BCUT2D eigenvalue weighted by Crippen LogP contribution is -2.27. The van der Waals surface area contributed by atoms with E-state index in [-0.39, 0.29) is 5.91 Å². The van der Waals surface area contributed by atoms with Gasteiger partial charge in [-0.15, -0.1) is 0 Å². The third kappa shape index (κ3) is 8.68. The number of carboxylic acids is 1. The molecule has 4 N–H and O–H groups in total. The van der Waals surface area contributed by atoms with Crippen molar-refractivity contribution in [1.29, 1.82) is 0 Å². The van der Waals surface area contributed by atoms with E-state index in [0.29, 0.717) is 31.8 Å². The highest BCUT2D eigenvalue weighted by atomic mass is 16.4. The number of carbonyl (C=O) groups excluding carboxylic acids is 1. The Bertz CT molecular complexity index is 244. The van der Waals surface area contributed by atoms with Gasteiger partial charge >= 0.3 is 5.97 Å². The quantitative estimate of drug-likeness (QED) is 0.563. The molecule has 0 aliphatic heterocycles. The minimum absolute atomic E-state index is 0.00791. The smallest absolute Gasteiger partial charge is 0.306 e. The first-order valence-corrected chi connectivity index (χ1v) is 6.17. The number of nitrogens with one attached hydrogen (secondary N) is 1. The third-order valence-corrected chi connectivity index (χ3v) is 2.84. The minimum Gasteiger partial charge on any atom is -0.481 e. The van der Waals surface area contributed by atoms with Gasteiger partial charge in [-0.1, -0.05) is 13.8 Å². The molecule has 100 valence electrons. The Labute approximate surface area is 103 Å². The number of nitrogens with two attached hydrogens (primary N) is 1. The van der Waals surface area contributed by atoms with Crippen molar-refractivity contribution in [3.05, 3.63) is 0 Å². The van der Waals surface area contributed by atoms with Gasteiger partial charge < -0.3 is 16.2 Å². The molecule has 0 aliphatic rings. The SMILES string of the molecule is CC(CCN)CCC(=O)NCCC(C)C(=O)O. The van der Waals surface area contributed by atoms with Crippen molar-refractivity contribution in [3.63, 3.8) is 0 Å². The summed E-state index contributed by atoms with van der Waals surface area (Å²) in [6.45, 7) is 4.79. The Hall–Kier alpha value is -1.10. The van der Waals surface area contributed by atoms with Gasteiger partial charge in [0.05, 0.1) is 5.92 Å². The van der Waals surface area contributed by atoms with Gasteiger partial charge in [0.1, 0.15) is 0 Å². The molecular formula is C12H24N2O3. The number of amides is 1. The average Bonchev–Trinajstić information content (AvgIpc) is 2.26. The highest BCUT2D eigenvalue weighted by Crippen LogP contribution is 2.08. The largest absolute Gasteiger partial charge is 0.481 e. The van der Waals surface area contributed by atoms with Crippen LogP contribution in [0.25, 0.3) is 0 Å².